The largest absolute Gasteiger partial charge is 0.478 e. The number of hydrogen-bond acceptors (Lipinski definition) is 3. The molecule has 5 nitrogen and oxygen atoms in total. The highest BCUT2D eigenvalue weighted by atomic mass is 16.4. The van der Waals surface area contributed by atoms with Crippen LogP contribution < -0.4 is 5.32 Å². The SMILES string of the molecule is CCCCCC(C)NC(=O)c1ncccc1/C=C/C(=O)O. The predicted octanol–water partition coefficient (Wildman–Crippen LogP) is 2.88. The van der Waals surface area contributed by atoms with Gasteiger partial charge in [-0.2, -0.15) is 0 Å². The predicted molar refractivity (Wildman–Crippen MR) is 82.0 cm³/mol. The number of aliphatic carboxylic acids is 1. The summed E-state index contributed by atoms with van der Waals surface area (Å²) >= 11 is 0. The van der Waals surface area contributed by atoms with Gasteiger partial charge in [0.25, 0.3) is 5.91 Å². The molecule has 0 spiro atoms. The Balaban J connectivity index is 2.71. The molecule has 5 heteroatoms. The fourth-order valence-electron chi connectivity index (χ4n) is 1.97. The number of carbonyl (C=O) groups is 2. The molecule has 0 saturated carbocycles. The number of hydrogen-bond donors (Lipinski definition) is 2. The van der Waals surface area contributed by atoms with Crippen molar-refractivity contribution >= 4 is 18.0 Å². The van der Waals surface area contributed by atoms with Crippen LogP contribution in [0.2, 0.25) is 0 Å². The number of aromatic nitrogens is 1. The first-order chi connectivity index (χ1) is 10.0. The number of amides is 1. The summed E-state index contributed by atoms with van der Waals surface area (Å²) in [7, 11) is 0. The quantitative estimate of drug-likeness (QED) is 0.570. The zero-order valence-corrected chi connectivity index (χ0v) is 12.5. The van der Waals surface area contributed by atoms with Crippen molar-refractivity contribution in [3.63, 3.8) is 0 Å². The lowest BCUT2D eigenvalue weighted by molar-refractivity contribution is -0.131. The van der Waals surface area contributed by atoms with E-state index in [0.29, 0.717) is 5.56 Å². The van der Waals surface area contributed by atoms with E-state index in [2.05, 4.69) is 17.2 Å². The molecule has 1 atom stereocenters. The number of carbonyl (C=O) groups excluding carboxylic acids is 1. The van der Waals surface area contributed by atoms with Gasteiger partial charge >= 0.3 is 5.97 Å². The van der Waals surface area contributed by atoms with E-state index in [1.165, 1.54) is 12.3 Å². The van der Waals surface area contributed by atoms with Gasteiger partial charge in [0, 0.05) is 23.9 Å². The zero-order valence-electron chi connectivity index (χ0n) is 12.5. The maximum Gasteiger partial charge on any atom is 0.328 e. The van der Waals surface area contributed by atoms with E-state index >= 15 is 0 Å². The number of nitrogens with one attached hydrogen (secondary N) is 1. The fourth-order valence-corrected chi connectivity index (χ4v) is 1.97. The minimum atomic E-state index is -1.06. The first-order valence-electron chi connectivity index (χ1n) is 7.21. The average Bonchev–Trinajstić information content (AvgIpc) is 2.45. The topological polar surface area (TPSA) is 79.3 Å². The van der Waals surface area contributed by atoms with Gasteiger partial charge in [0.15, 0.2) is 0 Å². The molecule has 1 unspecified atom stereocenters. The van der Waals surface area contributed by atoms with E-state index in [0.717, 1.165) is 31.8 Å². The Labute approximate surface area is 125 Å². The summed E-state index contributed by atoms with van der Waals surface area (Å²) in [5.74, 6) is -1.33. The van der Waals surface area contributed by atoms with E-state index in [1.807, 2.05) is 6.92 Å². The lowest BCUT2D eigenvalue weighted by Crippen LogP contribution is -2.33. The molecule has 1 aromatic heterocycles. The first kappa shape index (κ1) is 16.9. The first-order valence-corrected chi connectivity index (χ1v) is 7.21. The monoisotopic (exact) mass is 290 g/mol. The van der Waals surface area contributed by atoms with Gasteiger partial charge in [-0.15, -0.1) is 0 Å². The Morgan fingerprint density at radius 1 is 1.43 bits per heavy atom. The molecule has 0 fully saturated rings. The summed E-state index contributed by atoms with van der Waals surface area (Å²) < 4.78 is 0. The summed E-state index contributed by atoms with van der Waals surface area (Å²) in [4.78, 5) is 26.8. The minimum absolute atomic E-state index is 0.0716. The Hall–Kier alpha value is -2.17. The minimum Gasteiger partial charge on any atom is -0.478 e. The molecule has 1 amide bonds. The molecular formula is C16H22N2O3. The van der Waals surface area contributed by atoms with Crippen molar-refractivity contribution in [3.05, 3.63) is 35.7 Å². The third-order valence-electron chi connectivity index (χ3n) is 3.08. The van der Waals surface area contributed by atoms with Crippen LogP contribution in [0.4, 0.5) is 0 Å². The van der Waals surface area contributed by atoms with Gasteiger partial charge in [0.1, 0.15) is 5.69 Å². The molecule has 1 heterocycles. The molecule has 2 N–H and O–H groups in total. The smallest absolute Gasteiger partial charge is 0.328 e. The van der Waals surface area contributed by atoms with Gasteiger partial charge in [-0.1, -0.05) is 32.3 Å². The van der Waals surface area contributed by atoms with Crippen LogP contribution in [-0.4, -0.2) is 28.0 Å². The molecule has 1 aromatic rings. The second-order valence-electron chi connectivity index (χ2n) is 4.98. The van der Waals surface area contributed by atoms with Crippen LogP contribution in [0.5, 0.6) is 0 Å². The Morgan fingerprint density at radius 3 is 2.86 bits per heavy atom. The van der Waals surface area contributed by atoms with E-state index < -0.39 is 5.97 Å². The van der Waals surface area contributed by atoms with E-state index in [-0.39, 0.29) is 17.6 Å². The summed E-state index contributed by atoms with van der Waals surface area (Å²) in [5.41, 5.74) is 0.746. The number of rotatable bonds is 8. The standard InChI is InChI=1S/C16H22N2O3/c1-3-4-5-7-12(2)18-16(21)15-13(8-6-11-17-15)9-10-14(19)20/h6,8-12H,3-5,7H2,1-2H3,(H,18,21)(H,19,20)/b10-9+. The maximum atomic E-state index is 12.2. The summed E-state index contributed by atoms with van der Waals surface area (Å²) in [6.07, 6.45) is 8.19. The van der Waals surface area contributed by atoms with E-state index in [9.17, 15) is 9.59 Å². The van der Waals surface area contributed by atoms with Gasteiger partial charge in [-0.25, -0.2) is 4.79 Å². The van der Waals surface area contributed by atoms with Crippen molar-refractivity contribution in [2.75, 3.05) is 0 Å². The molecule has 0 bridgehead atoms. The van der Waals surface area contributed by atoms with Crippen LogP contribution in [0.25, 0.3) is 6.08 Å². The van der Waals surface area contributed by atoms with Crippen LogP contribution in [0.1, 0.15) is 55.6 Å². The van der Waals surface area contributed by atoms with Gasteiger partial charge in [-0.3, -0.25) is 9.78 Å². The molecule has 0 aromatic carbocycles. The Kier molecular flexibility index (Phi) is 7.15. The molecule has 0 saturated heterocycles. The van der Waals surface area contributed by atoms with Crippen molar-refractivity contribution in [1.29, 1.82) is 0 Å². The van der Waals surface area contributed by atoms with Crippen molar-refractivity contribution < 1.29 is 14.7 Å². The van der Waals surface area contributed by atoms with E-state index in [4.69, 9.17) is 5.11 Å². The van der Waals surface area contributed by atoms with Crippen LogP contribution in [0, 0.1) is 0 Å². The highest BCUT2D eigenvalue weighted by Crippen LogP contribution is 2.09. The van der Waals surface area contributed by atoms with Crippen molar-refractivity contribution in [2.24, 2.45) is 0 Å². The van der Waals surface area contributed by atoms with Crippen LogP contribution >= 0.6 is 0 Å². The second kappa shape index (κ2) is 8.89. The highest BCUT2D eigenvalue weighted by molar-refractivity contribution is 5.97. The summed E-state index contributed by atoms with van der Waals surface area (Å²) in [6, 6.07) is 3.41. The molecule has 0 aliphatic rings. The normalized spacial score (nSPS) is 12.3. The van der Waals surface area contributed by atoms with Gasteiger partial charge in [0.05, 0.1) is 0 Å². The fraction of sp³-hybridized carbons (Fsp3) is 0.438. The third kappa shape index (κ3) is 6.21. The molecule has 1 rings (SSSR count). The van der Waals surface area contributed by atoms with Crippen LogP contribution in [0.3, 0.4) is 0 Å². The summed E-state index contributed by atoms with van der Waals surface area (Å²) in [6.45, 7) is 4.10. The third-order valence-corrected chi connectivity index (χ3v) is 3.08. The van der Waals surface area contributed by atoms with Crippen LogP contribution in [-0.2, 0) is 4.79 Å². The number of pyridine rings is 1. The average molecular weight is 290 g/mol. The molecule has 21 heavy (non-hydrogen) atoms. The van der Waals surface area contributed by atoms with Crippen molar-refractivity contribution in [2.45, 2.75) is 45.6 Å². The summed E-state index contributed by atoms with van der Waals surface area (Å²) in [5, 5.41) is 11.6. The number of unbranched alkanes of at least 4 members (excludes halogenated alkanes) is 2. The lowest BCUT2D eigenvalue weighted by atomic mass is 10.1. The lowest BCUT2D eigenvalue weighted by Gasteiger charge is -2.14. The number of nitrogens with zero attached hydrogens (tertiary/aromatic N) is 1. The second-order valence-corrected chi connectivity index (χ2v) is 4.98. The number of carboxylic acid groups (broad SMARTS) is 1. The highest BCUT2D eigenvalue weighted by Gasteiger charge is 2.13. The Morgan fingerprint density at radius 2 is 2.19 bits per heavy atom. The van der Waals surface area contributed by atoms with Gasteiger partial charge < -0.3 is 10.4 Å². The zero-order chi connectivity index (χ0) is 15.7. The van der Waals surface area contributed by atoms with Gasteiger partial charge in [0.2, 0.25) is 0 Å². The van der Waals surface area contributed by atoms with Crippen LogP contribution in [0.15, 0.2) is 24.4 Å². The van der Waals surface area contributed by atoms with Crippen molar-refractivity contribution in [1.82, 2.24) is 10.3 Å². The number of carboxylic acids is 1. The molecule has 0 aliphatic carbocycles. The van der Waals surface area contributed by atoms with Gasteiger partial charge in [-0.05, 0) is 25.5 Å². The van der Waals surface area contributed by atoms with Crippen molar-refractivity contribution in [3.8, 4) is 0 Å². The molecule has 0 radical (unpaired) electrons. The maximum absolute atomic E-state index is 12.2. The Bertz CT molecular complexity index is 512. The molecular weight excluding hydrogens is 268 g/mol. The molecule has 114 valence electrons. The molecule has 0 aliphatic heterocycles. The van der Waals surface area contributed by atoms with E-state index in [1.54, 1.807) is 12.1 Å².